The largest absolute Gasteiger partial charge is 0.339 e. The number of hydrogen-bond acceptors (Lipinski definition) is 2. The number of ketones is 1. The second-order valence-electron chi connectivity index (χ2n) is 5.22. The van der Waals surface area contributed by atoms with Crippen LogP contribution in [0.2, 0.25) is 0 Å². The van der Waals surface area contributed by atoms with E-state index >= 15 is 0 Å². The third-order valence-electron chi connectivity index (χ3n) is 3.89. The summed E-state index contributed by atoms with van der Waals surface area (Å²) in [5, 5.41) is 0. The van der Waals surface area contributed by atoms with E-state index in [4.69, 9.17) is 0 Å². The predicted octanol–water partition coefficient (Wildman–Crippen LogP) is 2.15. The molecule has 3 heteroatoms. The van der Waals surface area contributed by atoms with E-state index in [-0.39, 0.29) is 17.7 Å². The topological polar surface area (TPSA) is 37.4 Å². The molecule has 0 bridgehead atoms. The molecule has 2 fully saturated rings. The number of Topliss-reactive ketones (excluding diaryl/α,β-unsaturated/α-hetero) is 1. The number of likely N-dealkylation sites (tertiary alicyclic amines) is 1. The SMILES string of the molecule is CC(=O)CC1CCCN1C(=O)C1CCCC1. The summed E-state index contributed by atoms with van der Waals surface area (Å²) >= 11 is 0. The average Bonchev–Trinajstić information content (AvgIpc) is 2.84. The van der Waals surface area contributed by atoms with Gasteiger partial charge in [-0.3, -0.25) is 9.59 Å². The molecule has 1 aliphatic carbocycles. The minimum absolute atomic E-state index is 0.200. The molecule has 3 nitrogen and oxygen atoms in total. The van der Waals surface area contributed by atoms with Gasteiger partial charge in [-0.15, -0.1) is 0 Å². The fourth-order valence-electron chi connectivity index (χ4n) is 3.08. The zero-order chi connectivity index (χ0) is 11.5. The smallest absolute Gasteiger partial charge is 0.225 e. The zero-order valence-electron chi connectivity index (χ0n) is 10.1. The van der Waals surface area contributed by atoms with E-state index in [1.165, 1.54) is 12.8 Å². The summed E-state index contributed by atoms with van der Waals surface area (Å²) in [6.07, 6.45) is 7.14. The molecule has 1 heterocycles. The molecule has 1 unspecified atom stereocenters. The second-order valence-corrected chi connectivity index (χ2v) is 5.22. The quantitative estimate of drug-likeness (QED) is 0.735. The Bertz CT molecular complexity index is 282. The highest BCUT2D eigenvalue weighted by molar-refractivity contribution is 5.81. The van der Waals surface area contributed by atoms with E-state index in [0.717, 1.165) is 32.2 Å². The van der Waals surface area contributed by atoms with Gasteiger partial charge in [-0.2, -0.15) is 0 Å². The molecule has 0 aromatic heterocycles. The van der Waals surface area contributed by atoms with E-state index in [9.17, 15) is 9.59 Å². The highest BCUT2D eigenvalue weighted by Gasteiger charge is 2.34. The van der Waals surface area contributed by atoms with Gasteiger partial charge in [0.05, 0.1) is 0 Å². The molecule has 0 aromatic carbocycles. The van der Waals surface area contributed by atoms with E-state index in [2.05, 4.69) is 0 Å². The van der Waals surface area contributed by atoms with Crippen LogP contribution < -0.4 is 0 Å². The summed E-state index contributed by atoms with van der Waals surface area (Å²) in [6, 6.07) is 0.200. The first-order valence-corrected chi connectivity index (χ1v) is 6.48. The molecule has 0 spiro atoms. The van der Waals surface area contributed by atoms with Crippen molar-refractivity contribution in [2.24, 2.45) is 5.92 Å². The molecular weight excluding hydrogens is 202 g/mol. The number of rotatable bonds is 3. The molecule has 1 amide bonds. The van der Waals surface area contributed by atoms with Crippen LogP contribution in [0.4, 0.5) is 0 Å². The maximum Gasteiger partial charge on any atom is 0.225 e. The molecule has 1 atom stereocenters. The van der Waals surface area contributed by atoms with Gasteiger partial charge in [0.2, 0.25) is 5.91 Å². The number of nitrogens with zero attached hydrogens (tertiary/aromatic N) is 1. The van der Waals surface area contributed by atoms with Gasteiger partial charge in [-0.25, -0.2) is 0 Å². The van der Waals surface area contributed by atoms with Crippen molar-refractivity contribution in [2.75, 3.05) is 6.54 Å². The van der Waals surface area contributed by atoms with E-state index in [0.29, 0.717) is 12.3 Å². The normalized spacial score (nSPS) is 26.3. The van der Waals surface area contributed by atoms with Crippen LogP contribution in [-0.2, 0) is 9.59 Å². The molecular formula is C13H21NO2. The van der Waals surface area contributed by atoms with Crippen molar-refractivity contribution < 1.29 is 9.59 Å². The lowest BCUT2D eigenvalue weighted by molar-refractivity contribution is -0.136. The van der Waals surface area contributed by atoms with Gasteiger partial charge in [0.25, 0.3) is 0 Å². The average molecular weight is 223 g/mol. The van der Waals surface area contributed by atoms with Crippen molar-refractivity contribution in [3.05, 3.63) is 0 Å². The Kier molecular flexibility index (Phi) is 3.62. The molecule has 2 rings (SSSR count). The third-order valence-corrected chi connectivity index (χ3v) is 3.89. The molecule has 0 aromatic rings. The van der Waals surface area contributed by atoms with E-state index in [1.54, 1.807) is 6.92 Å². The summed E-state index contributed by atoms with van der Waals surface area (Å²) in [5.74, 6) is 0.782. The number of amides is 1. The van der Waals surface area contributed by atoms with Crippen LogP contribution in [0.1, 0.15) is 51.9 Å². The van der Waals surface area contributed by atoms with E-state index in [1.807, 2.05) is 4.90 Å². The third kappa shape index (κ3) is 2.45. The Labute approximate surface area is 97.2 Å². The first-order valence-electron chi connectivity index (χ1n) is 6.48. The van der Waals surface area contributed by atoms with Gasteiger partial charge in [0.15, 0.2) is 0 Å². The van der Waals surface area contributed by atoms with Crippen LogP contribution in [0.15, 0.2) is 0 Å². The van der Waals surface area contributed by atoms with E-state index < -0.39 is 0 Å². The Morgan fingerprint density at radius 2 is 1.81 bits per heavy atom. The maximum absolute atomic E-state index is 12.3. The standard InChI is InChI=1S/C13H21NO2/c1-10(15)9-12-7-4-8-14(12)13(16)11-5-2-3-6-11/h11-12H,2-9H2,1H3. The van der Waals surface area contributed by atoms with Crippen LogP contribution in [0.25, 0.3) is 0 Å². The van der Waals surface area contributed by atoms with Crippen molar-refractivity contribution in [1.29, 1.82) is 0 Å². The Balaban J connectivity index is 1.95. The summed E-state index contributed by atoms with van der Waals surface area (Å²) in [7, 11) is 0. The maximum atomic E-state index is 12.3. The van der Waals surface area contributed by atoms with Gasteiger partial charge >= 0.3 is 0 Å². The molecule has 16 heavy (non-hydrogen) atoms. The molecule has 1 aliphatic heterocycles. The van der Waals surface area contributed by atoms with Gasteiger partial charge in [0, 0.05) is 24.9 Å². The Morgan fingerprint density at radius 3 is 2.44 bits per heavy atom. The lowest BCUT2D eigenvalue weighted by atomic mass is 10.0. The first-order chi connectivity index (χ1) is 7.68. The Hall–Kier alpha value is -0.860. The highest BCUT2D eigenvalue weighted by atomic mass is 16.2. The number of carbonyl (C=O) groups excluding carboxylic acids is 2. The first kappa shape index (κ1) is 11.6. The van der Waals surface area contributed by atoms with Gasteiger partial charge in [-0.1, -0.05) is 12.8 Å². The van der Waals surface area contributed by atoms with Crippen molar-refractivity contribution in [2.45, 2.75) is 57.9 Å². The molecule has 0 radical (unpaired) electrons. The number of hydrogen-bond donors (Lipinski definition) is 0. The molecule has 2 aliphatic rings. The number of carbonyl (C=O) groups is 2. The molecule has 1 saturated carbocycles. The minimum Gasteiger partial charge on any atom is -0.339 e. The highest BCUT2D eigenvalue weighted by Crippen LogP contribution is 2.30. The lowest BCUT2D eigenvalue weighted by Gasteiger charge is -2.26. The molecule has 90 valence electrons. The minimum atomic E-state index is 0.200. The lowest BCUT2D eigenvalue weighted by Crippen LogP contribution is -2.39. The summed E-state index contributed by atoms with van der Waals surface area (Å²) in [6.45, 7) is 2.49. The van der Waals surface area contributed by atoms with Crippen molar-refractivity contribution in [3.63, 3.8) is 0 Å². The monoisotopic (exact) mass is 223 g/mol. The van der Waals surface area contributed by atoms with Crippen LogP contribution in [0, 0.1) is 5.92 Å². The predicted molar refractivity (Wildman–Crippen MR) is 62.0 cm³/mol. The van der Waals surface area contributed by atoms with Crippen molar-refractivity contribution >= 4 is 11.7 Å². The van der Waals surface area contributed by atoms with Crippen LogP contribution >= 0.6 is 0 Å². The van der Waals surface area contributed by atoms with Crippen molar-refractivity contribution in [1.82, 2.24) is 4.90 Å². The summed E-state index contributed by atoms with van der Waals surface area (Å²) in [4.78, 5) is 25.4. The van der Waals surface area contributed by atoms with Gasteiger partial charge in [-0.05, 0) is 32.6 Å². The van der Waals surface area contributed by atoms with Gasteiger partial charge < -0.3 is 4.90 Å². The second kappa shape index (κ2) is 4.98. The zero-order valence-corrected chi connectivity index (χ0v) is 10.1. The van der Waals surface area contributed by atoms with Gasteiger partial charge in [0.1, 0.15) is 5.78 Å². The summed E-state index contributed by atoms with van der Waals surface area (Å²) in [5.41, 5.74) is 0. The van der Waals surface area contributed by atoms with Crippen LogP contribution in [0.3, 0.4) is 0 Å². The summed E-state index contributed by atoms with van der Waals surface area (Å²) < 4.78 is 0. The van der Waals surface area contributed by atoms with Crippen LogP contribution in [0.5, 0.6) is 0 Å². The fraction of sp³-hybridized carbons (Fsp3) is 0.846. The van der Waals surface area contributed by atoms with Crippen molar-refractivity contribution in [3.8, 4) is 0 Å². The molecule has 1 saturated heterocycles. The molecule has 0 N–H and O–H groups in total. The van der Waals surface area contributed by atoms with Crippen LogP contribution in [-0.4, -0.2) is 29.2 Å². The Morgan fingerprint density at radius 1 is 1.12 bits per heavy atom. The fourth-order valence-corrected chi connectivity index (χ4v) is 3.08.